The number of carboxylic acid groups (broad SMARTS) is 1. The fourth-order valence-electron chi connectivity index (χ4n) is 1.49. The number of carboxylic acids is 1. The number of hydrogen-bond donors (Lipinski definition) is 2. The van der Waals surface area contributed by atoms with Crippen LogP contribution in [-0.2, 0) is 4.79 Å². The number of aliphatic hydroxyl groups is 1. The van der Waals surface area contributed by atoms with Crippen molar-refractivity contribution in [1.82, 2.24) is 0 Å². The topological polar surface area (TPSA) is 57.5 Å². The molecular weight excluding hydrogens is 216 g/mol. The smallest absolute Gasteiger partial charge is 0.307 e. The zero-order chi connectivity index (χ0) is 12.9. The lowest BCUT2D eigenvalue weighted by molar-refractivity contribution is -0.136. The fraction of sp³-hybridized carbons (Fsp3) is 0.643. The first kappa shape index (κ1) is 15.9. The average Bonchev–Trinajstić information content (AvgIpc) is 2.29. The summed E-state index contributed by atoms with van der Waals surface area (Å²) in [5, 5.41) is 18.0. The number of carbonyl (C=O) groups is 1. The molecule has 0 heterocycles. The lowest BCUT2D eigenvalue weighted by atomic mass is 10.1. The standard InChI is InChI=1S/C14H24O3/c1-2-3-4-7-10-13(15)11-8-5-6-9-12-14(16)17/h5-6,8-9,13,15H,2-4,7,10-12H2,1H3,(H,16,17)/b8-5-,9-6-. The maximum atomic E-state index is 10.2. The molecule has 2 N–H and O–H groups in total. The van der Waals surface area contributed by atoms with Crippen LogP contribution in [0.15, 0.2) is 24.3 Å². The van der Waals surface area contributed by atoms with Gasteiger partial charge in [0, 0.05) is 0 Å². The Hall–Kier alpha value is -1.09. The van der Waals surface area contributed by atoms with E-state index in [9.17, 15) is 9.90 Å². The number of aliphatic carboxylic acids is 1. The maximum Gasteiger partial charge on any atom is 0.307 e. The molecule has 0 aromatic heterocycles. The molecule has 0 bridgehead atoms. The van der Waals surface area contributed by atoms with Gasteiger partial charge in [-0.15, -0.1) is 0 Å². The fourth-order valence-corrected chi connectivity index (χ4v) is 1.49. The quantitative estimate of drug-likeness (QED) is 0.455. The Bertz CT molecular complexity index is 244. The van der Waals surface area contributed by atoms with Gasteiger partial charge in [-0.25, -0.2) is 0 Å². The van der Waals surface area contributed by atoms with Gasteiger partial charge >= 0.3 is 5.97 Å². The molecule has 3 heteroatoms. The molecule has 17 heavy (non-hydrogen) atoms. The van der Waals surface area contributed by atoms with Crippen LogP contribution in [-0.4, -0.2) is 22.3 Å². The van der Waals surface area contributed by atoms with Gasteiger partial charge in [-0.2, -0.15) is 0 Å². The summed E-state index contributed by atoms with van der Waals surface area (Å²) in [7, 11) is 0. The summed E-state index contributed by atoms with van der Waals surface area (Å²) in [6.07, 6.45) is 13.0. The molecule has 0 aromatic carbocycles. The van der Waals surface area contributed by atoms with Gasteiger partial charge in [-0.05, 0) is 12.8 Å². The molecule has 0 aliphatic carbocycles. The summed E-state index contributed by atoms with van der Waals surface area (Å²) in [5.41, 5.74) is 0. The van der Waals surface area contributed by atoms with Crippen molar-refractivity contribution in [2.75, 3.05) is 0 Å². The molecule has 0 saturated heterocycles. The van der Waals surface area contributed by atoms with Gasteiger partial charge in [0.25, 0.3) is 0 Å². The van der Waals surface area contributed by atoms with E-state index in [0.717, 1.165) is 12.8 Å². The highest BCUT2D eigenvalue weighted by molar-refractivity contribution is 5.68. The molecule has 0 aromatic rings. The van der Waals surface area contributed by atoms with Crippen LogP contribution in [0.3, 0.4) is 0 Å². The molecule has 0 rings (SSSR count). The summed E-state index contributed by atoms with van der Waals surface area (Å²) >= 11 is 0. The van der Waals surface area contributed by atoms with Gasteiger partial charge in [-0.3, -0.25) is 4.79 Å². The molecule has 0 saturated carbocycles. The lowest BCUT2D eigenvalue weighted by Crippen LogP contribution is -2.04. The van der Waals surface area contributed by atoms with Crippen molar-refractivity contribution in [3.8, 4) is 0 Å². The molecule has 98 valence electrons. The van der Waals surface area contributed by atoms with E-state index in [1.165, 1.54) is 19.3 Å². The van der Waals surface area contributed by atoms with Crippen molar-refractivity contribution in [3.63, 3.8) is 0 Å². The van der Waals surface area contributed by atoms with E-state index >= 15 is 0 Å². The highest BCUT2D eigenvalue weighted by Gasteiger charge is 2.00. The minimum atomic E-state index is -0.828. The van der Waals surface area contributed by atoms with E-state index in [-0.39, 0.29) is 12.5 Å². The van der Waals surface area contributed by atoms with Gasteiger partial charge in [0.2, 0.25) is 0 Å². The third-order valence-corrected chi connectivity index (χ3v) is 2.47. The molecule has 0 aliphatic rings. The van der Waals surface area contributed by atoms with E-state index < -0.39 is 5.97 Å². The van der Waals surface area contributed by atoms with Gasteiger partial charge < -0.3 is 10.2 Å². The molecule has 0 fully saturated rings. The van der Waals surface area contributed by atoms with E-state index in [1.807, 2.05) is 6.08 Å². The first-order chi connectivity index (χ1) is 8.16. The van der Waals surface area contributed by atoms with Crippen molar-refractivity contribution in [2.45, 2.75) is 58.0 Å². The highest BCUT2D eigenvalue weighted by atomic mass is 16.4. The summed E-state index contributed by atoms with van der Waals surface area (Å²) < 4.78 is 0. The van der Waals surface area contributed by atoms with Crippen LogP contribution in [0.5, 0.6) is 0 Å². The molecule has 0 spiro atoms. The summed E-state index contributed by atoms with van der Waals surface area (Å²) in [4.78, 5) is 10.2. The number of aliphatic hydroxyl groups excluding tert-OH is 1. The average molecular weight is 240 g/mol. The Balaban J connectivity index is 3.48. The molecule has 1 unspecified atom stereocenters. The van der Waals surface area contributed by atoms with E-state index in [4.69, 9.17) is 5.11 Å². The molecule has 3 nitrogen and oxygen atoms in total. The SMILES string of the molecule is CCCCCCC(O)C/C=C\C=C/CC(=O)O. The Morgan fingerprint density at radius 1 is 1.18 bits per heavy atom. The van der Waals surface area contributed by atoms with Crippen LogP contribution >= 0.6 is 0 Å². The predicted molar refractivity (Wildman–Crippen MR) is 69.9 cm³/mol. The lowest BCUT2D eigenvalue weighted by Gasteiger charge is -2.06. The normalized spacial score (nSPS) is 13.5. The Morgan fingerprint density at radius 2 is 1.88 bits per heavy atom. The predicted octanol–water partition coefficient (Wildman–Crippen LogP) is 3.29. The van der Waals surface area contributed by atoms with Crippen LogP contribution in [0.2, 0.25) is 0 Å². The van der Waals surface area contributed by atoms with Gasteiger partial charge in [0.1, 0.15) is 0 Å². The van der Waals surface area contributed by atoms with Gasteiger partial charge in [0.15, 0.2) is 0 Å². The van der Waals surface area contributed by atoms with Crippen molar-refractivity contribution < 1.29 is 15.0 Å². The summed E-state index contributed by atoms with van der Waals surface area (Å²) in [6, 6.07) is 0. The third-order valence-electron chi connectivity index (χ3n) is 2.47. The second kappa shape index (κ2) is 11.4. The van der Waals surface area contributed by atoms with Crippen molar-refractivity contribution >= 4 is 5.97 Å². The Morgan fingerprint density at radius 3 is 2.53 bits per heavy atom. The highest BCUT2D eigenvalue weighted by Crippen LogP contribution is 2.08. The van der Waals surface area contributed by atoms with E-state index in [2.05, 4.69) is 6.92 Å². The molecule has 1 atom stereocenters. The second-order valence-electron chi connectivity index (χ2n) is 4.19. The van der Waals surface area contributed by atoms with E-state index in [1.54, 1.807) is 18.2 Å². The Labute approximate surface area is 104 Å². The largest absolute Gasteiger partial charge is 0.481 e. The first-order valence-corrected chi connectivity index (χ1v) is 6.38. The number of allylic oxidation sites excluding steroid dienone is 2. The zero-order valence-electron chi connectivity index (χ0n) is 10.6. The van der Waals surface area contributed by atoms with Crippen LogP contribution in [0.4, 0.5) is 0 Å². The van der Waals surface area contributed by atoms with Crippen LogP contribution < -0.4 is 0 Å². The molecule has 0 aliphatic heterocycles. The monoisotopic (exact) mass is 240 g/mol. The van der Waals surface area contributed by atoms with Crippen LogP contribution in [0, 0.1) is 0 Å². The first-order valence-electron chi connectivity index (χ1n) is 6.38. The molecular formula is C14H24O3. The van der Waals surface area contributed by atoms with Crippen molar-refractivity contribution in [1.29, 1.82) is 0 Å². The van der Waals surface area contributed by atoms with E-state index in [0.29, 0.717) is 6.42 Å². The molecule has 0 radical (unpaired) electrons. The number of unbranched alkanes of at least 4 members (excludes halogenated alkanes) is 3. The van der Waals surface area contributed by atoms with Crippen molar-refractivity contribution in [3.05, 3.63) is 24.3 Å². The summed E-state index contributed by atoms with van der Waals surface area (Å²) in [5.74, 6) is -0.828. The summed E-state index contributed by atoms with van der Waals surface area (Å²) in [6.45, 7) is 2.17. The van der Waals surface area contributed by atoms with Crippen molar-refractivity contribution in [2.24, 2.45) is 0 Å². The Kier molecular flexibility index (Phi) is 10.7. The minimum absolute atomic E-state index is 0.0455. The minimum Gasteiger partial charge on any atom is -0.481 e. The number of rotatable bonds is 10. The number of hydrogen-bond acceptors (Lipinski definition) is 2. The van der Waals surface area contributed by atoms with Crippen LogP contribution in [0.25, 0.3) is 0 Å². The van der Waals surface area contributed by atoms with Gasteiger partial charge in [-0.1, -0.05) is 56.9 Å². The zero-order valence-corrected chi connectivity index (χ0v) is 10.6. The van der Waals surface area contributed by atoms with Crippen LogP contribution in [0.1, 0.15) is 51.9 Å². The van der Waals surface area contributed by atoms with Gasteiger partial charge in [0.05, 0.1) is 12.5 Å². The maximum absolute atomic E-state index is 10.2. The second-order valence-corrected chi connectivity index (χ2v) is 4.19. The third kappa shape index (κ3) is 12.8. The molecule has 0 amide bonds.